The molecule has 0 atom stereocenters. The monoisotopic (exact) mass is 492 g/mol. The van der Waals surface area contributed by atoms with Gasteiger partial charge in [-0.1, -0.05) is 32.4 Å². The summed E-state index contributed by atoms with van der Waals surface area (Å²) in [5.74, 6) is -1.44. The summed E-state index contributed by atoms with van der Waals surface area (Å²) in [4.78, 5) is 10.2. The average Bonchev–Trinajstić information content (AvgIpc) is 2.57. The first-order valence-electron chi connectivity index (χ1n) is 7.65. The number of hydrogen-bond acceptors (Lipinski definition) is 3. The number of aldehydes is 1. The van der Waals surface area contributed by atoms with Crippen molar-refractivity contribution in [1.29, 1.82) is 0 Å². The Morgan fingerprint density at radius 1 is 0.923 bits per heavy atom. The first kappa shape index (κ1) is 24.3. The van der Waals surface area contributed by atoms with Crippen LogP contribution in [0.15, 0.2) is 39.3 Å². The van der Waals surface area contributed by atoms with Gasteiger partial charge in [0.15, 0.2) is 6.29 Å². The van der Waals surface area contributed by atoms with Crippen molar-refractivity contribution < 1.29 is 23.8 Å². The Morgan fingerprint density at radius 2 is 1.31 bits per heavy atom. The molecule has 0 aliphatic carbocycles. The smallest absolute Gasteiger partial charge is 0.153 e. The van der Waals surface area contributed by atoms with Crippen LogP contribution in [0, 0.1) is 11.6 Å². The summed E-state index contributed by atoms with van der Waals surface area (Å²) in [5, 5.41) is 18.2. The summed E-state index contributed by atoms with van der Waals surface area (Å²) < 4.78 is 25.9. The maximum atomic E-state index is 12.8. The van der Waals surface area contributed by atoms with E-state index in [-0.39, 0.29) is 21.5 Å². The number of carbonyl (C=O) groups is 1. The average molecular weight is 494 g/mol. The molecule has 0 radical (unpaired) electrons. The number of halogens is 4. The third kappa shape index (κ3) is 8.10. The number of hydrogen-bond donors (Lipinski definition) is 2. The van der Waals surface area contributed by atoms with Crippen LogP contribution in [0.2, 0.25) is 0 Å². The highest BCUT2D eigenvalue weighted by molar-refractivity contribution is 9.10. The fourth-order valence-corrected chi connectivity index (χ4v) is 2.23. The molecular weight excluding hydrogens is 474 g/mol. The zero-order valence-electron chi connectivity index (χ0n) is 14.6. The normalized spacial score (nSPS) is 9.81. The number of allylic oxidation sites excluding steroid dienone is 1. The van der Waals surface area contributed by atoms with Crippen molar-refractivity contribution in [1.82, 2.24) is 0 Å². The van der Waals surface area contributed by atoms with Gasteiger partial charge in [-0.05, 0) is 50.9 Å². The Hall–Kier alpha value is -1.73. The first-order chi connectivity index (χ1) is 12.2. The topological polar surface area (TPSA) is 57.5 Å². The van der Waals surface area contributed by atoms with Crippen molar-refractivity contribution >= 4 is 44.2 Å². The van der Waals surface area contributed by atoms with Crippen LogP contribution in [0.25, 0.3) is 6.08 Å². The van der Waals surface area contributed by atoms with Gasteiger partial charge in [0.1, 0.15) is 23.1 Å². The molecule has 0 aliphatic rings. The summed E-state index contributed by atoms with van der Waals surface area (Å²) >= 11 is 5.91. The molecule has 0 saturated heterocycles. The van der Waals surface area contributed by atoms with Crippen molar-refractivity contribution in [2.75, 3.05) is 0 Å². The lowest BCUT2D eigenvalue weighted by atomic mass is 10.2. The second-order valence-corrected chi connectivity index (χ2v) is 6.68. The van der Waals surface area contributed by atoms with E-state index in [0.29, 0.717) is 16.3 Å². The molecule has 0 aliphatic heterocycles. The Kier molecular flexibility index (Phi) is 11.8. The molecule has 0 amide bonds. The van der Waals surface area contributed by atoms with Crippen LogP contribution in [0.1, 0.15) is 43.1 Å². The van der Waals surface area contributed by atoms with Crippen LogP contribution in [-0.4, -0.2) is 16.5 Å². The van der Waals surface area contributed by atoms with Gasteiger partial charge in [0.2, 0.25) is 0 Å². The number of rotatable bonds is 2. The summed E-state index contributed by atoms with van der Waals surface area (Å²) in [6, 6.07) is 4.72. The van der Waals surface area contributed by atoms with E-state index in [1.807, 2.05) is 6.92 Å². The molecule has 0 saturated carbocycles. The van der Waals surface area contributed by atoms with E-state index in [4.69, 9.17) is 5.11 Å². The van der Waals surface area contributed by atoms with Gasteiger partial charge < -0.3 is 10.2 Å². The molecule has 3 nitrogen and oxygen atoms in total. The fraction of sp³-hybridized carbons (Fsp3) is 0.211. The van der Waals surface area contributed by atoms with E-state index >= 15 is 0 Å². The third-order valence-corrected chi connectivity index (χ3v) is 3.83. The molecule has 0 fully saturated rings. The maximum absolute atomic E-state index is 12.8. The molecule has 2 aromatic carbocycles. The molecule has 7 heteroatoms. The molecule has 142 valence electrons. The quantitative estimate of drug-likeness (QED) is 0.450. The molecule has 0 bridgehead atoms. The van der Waals surface area contributed by atoms with Gasteiger partial charge in [-0.15, -0.1) is 0 Å². The maximum Gasteiger partial charge on any atom is 0.153 e. The van der Waals surface area contributed by atoms with Crippen LogP contribution in [0.4, 0.5) is 8.78 Å². The highest BCUT2D eigenvalue weighted by Crippen LogP contribution is 2.26. The Morgan fingerprint density at radius 3 is 1.69 bits per heavy atom. The predicted molar refractivity (Wildman–Crippen MR) is 108 cm³/mol. The summed E-state index contributed by atoms with van der Waals surface area (Å²) in [5.41, 5.74) is 0.670. The van der Waals surface area contributed by atoms with E-state index in [0.717, 1.165) is 12.1 Å². The van der Waals surface area contributed by atoms with Gasteiger partial charge in [-0.25, -0.2) is 8.78 Å². The van der Waals surface area contributed by atoms with Crippen molar-refractivity contribution in [3.8, 4) is 11.5 Å². The van der Waals surface area contributed by atoms with E-state index < -0.39 is 11.6 Å². The highest BCUT2D eigenvalue weighted by Gasteiger charge is 2.05. The highest BCUT2D eigenvalue weighted by atomic mass is 79.9. The molecule has 26 heavy (non-hydrogen) atoms. The molecule has 2 aromatic rings. The first-order valence-corrected chi connectivity index (χ1v) is 9.24. The SMILES string of the molecule is C/C=C/c1cc(Br)c(F)cc1O.CCC.O=Cc1cc(Br)c(F)cc1O. The van der Waals surface area contributed by atoms with E-state index in [9.17, 15) is 18.7 Å². The van der Waals surface area contributed by atoms with Gasteiger partial charge >= 0.3 is 0 Å². The molecule has 0 heterocycles. The largest absolute Gasteiger partial charge is 0.507 e. The van der Waals surface area contributed by atoms with Crippen LogP contribution in [-0.2, 0) is 0 Å². The number of aromatic hydroxyl groups is 2. The van der Waals surface area contributed by atoms with Gasteiger partial charge in [-0.2, -0.15) is 0 Å². The number of carbonyl (C=O) groups excluding carboxylic acids is 1. The van der Waals surface area contributed by atoms with Gasteiger partial charge in [0, 0.05) is 17.7 Å². The second-order valence-electron chi connectivity index (χ2n) is 4.98. The second kappa shape index (κ2) is 12.6. The lowest BCUT2D eigenvalue weighted by Crippen LogP contribution is -1.84. The zero-order chi connectivity index (χ0) is 20.3. The minimum Gasteiger partial charge on any atom is -0.507 e. The molecule has 0 unspecified atom stereocenters. The Labute approximate surface area is 168 Å². The zero-order valence-corrected chi connectivity index (χ0v) is 17.7. The Bertz CT molecular complexity index is 763. The standard InChI is InChI=1S/C9H8BrFO.C7H4BrFO2.C3H8/c1-2-3-6-4-7(10)8(11)5-9(6)12;8-5-1-4(3-10)7(11)2-6(5)9;1-3-2/h2-5,12H,1H3;1-3,11H;3H2,1-2H3/b3-2+;;. The van der Waals surface area contributed by atoms with Gasteiger partial charge in [0.05, 0.1) is 14.5 Å². The summed E-state index contributed by atoms with van der Waals surface area (Å²) in [6.07, 6.45) is 5.19. The van der Waals surface area contributed by atoms with Crippen molar-refractivity contribution in [2.24, 2.45) is 0 Å². The van der Waals surface area contributed by atoms with Crippen LogP contribution >= 0.6 is 31.9 Å². The lowest BCUT2D eigenvalue weighted by molar-refractivity contribution is 0.112. The van der Waals surface area contributed by atoms with E-state index in [1.54, 1.807) is 12.2 Å². The number of phenolic OH excluding ortho intramolecular Hbond substituents is 2. The molecule has 0 aromatic heterocycles. The number of phenols is 2. The molecule has 2 rings (SSSR count). The van der Waals surface area contributed by atoms with Crippen LogP contribution in [0.3, 0.4) is 0 Å². The van der Waals surface area contributed by atoms with Crippen LogP contribution < -0.4 is 0 Å². The predicted octanol–water partition coefficient (Wildman–Crippen LogP) is 6.85. The number of benzene rings is 2. The minimum absolute atomic E-state index is 0.0474. The molecular formula is C19H20Br2F2O3. The third-order valence-electron chi connectivity index (χ3n) is 2.61. The lowest BCUT2D eigenvalue weighted by Gasteiger charge is -2.00. The van der Waals surface area contributed by atoms with Crippen molar-refractivity contribution in [2.45, 2.75) is 27.2 Å². The summed E-state index contributed by atoms with van der Waals surface area (Å²) in [7, 11) is 0. The minimum atomic E-state index is -0.590. The molecule has 2 N–H and O–H groups in total. The summed E-state index contributed by atoms with van der Waals surface area (Å²) in [6.45, 7) is 6.08. The van der Waals surface area contributed by atoms with E-state index in [2.05, 4.69) is 45.7 Å². The Balaban J connectivity index is 0.000000419. The van der Waals surface area contributed by atoms with Crippen molar-refractivity contribution in [3.63, 3.8) is 0 Å². The van der Waals surface area contributed by atoms with Gasteiger partial charge in [0.25, 0.3) is 0 Å². The van der Waals surface area contributed by atoms with E-state index in [1.165, 1.54) is 18.6 Å². The van der Waals surface area contributed by atoms with Crippen molar-refractivity contribution in [3.05, 3.63) is 62.0 Å². The fourth-order valence-electron chi connectivity index (χ4n) is 1.51. The van der Waals surface area contributed by atoms with Gasteiger partial charge in [-0.3, -0.25) is 4.79 Å². The molecule has 0 spiro atoms. The van der Waals surface area contributed by atoms with Crippen LogP contribution in [0.5, 0.6) is 11.5 Å².